The summed E-state index contributed by atoms with van der Waals surface area (Å²) < 4.78 is 27.7. The molecule has 0 saturated heterocycles. The van der Waals surface area contributed by atoms with Gasteiger partial charge in [-0.2, -0.15) is 0 Å². The van der Waals surface area contributed by atoms with Crippen molar-refractivity contribution < 1.29 is 18.0 Å². The monoisotopic (exact) mass is 455 g/mol. The minimum absolute atomic E-state index is 0.149. The summed E-state index contributed by atoms with van der Waals surface area (Å²) in [5.41, 5.74) is 2.06. The Balaban J connectivity index is 1.59. The quantitative estimate of drug-likeness (QED) is 0.639. The molecule has 0 saturated carbocycles. The zero-order valence-electron chi connectivity index (χ0n) is 16.0. The van der Waals surface area contributed by atoms with Crippen molar-refractivity contribution in [1.29, 1.82) is 0 Å². The number of halogens is 1. The summed E-state index contributed by atoms with van der Waals surface area (Å²) in [4.78, 5) is 18.6. The van der Waals surface area contributed by atoms with Gasteiger partial charge in [-0.25, -0.2) is 13.1 Å². The van der Waals surface area contributed by atoms with Crippen LogP contribution in [0.2, 0.25) is 4.34 Å². The van der Waals surface area contributed by atoms with E-state index in [-0.39, 0.29) is 24.2 Å². The zero-order chi connectivity index (χ0) is 21.0. The average molecular weight is 456 g/mol. The van der Waals surface area contributed by atoms with E-state index >= 15 is 0 Å². The molecule has 10 heteroatoms. The maximum Gasteiger partial charge on any atom is 0.264 e. The topological polar surface area (TPSA) is 96.9 Å². The summed E-state index contributed by atoms with van der Waals surface area (Å²) in [6.45, 7) is 3.74. The third-order valence-corrected chi connectivity index (χ3v) is 6.95. The molecule has 0 radical (unpaired) electrons. The highest BCUT2D eigenvalue weighted by molar-refractivity contribution is 7.88. The molecule has 1 aromatic carbocycles. The third-order valence-electron chi connectivity index (χ3n) is 4.15. The highest BCUT2D eigenvalue weighted by atomic mass is 35.5. The minimum atomic E-state index is -3.46. The van der Waals surface area contributed by atoms with Gasteiger partial charge in [0.05, 0.1) is 15.0 Å². The second-order valence-electron chi connectivity index (χ2n) is 6.96. The number of sulfonamides is 1. The number of carbonyl (C=O) groups is 1. The van der Waals surface area contributed by atoms with Crippen LogP contribution in [-0.2, 0) is 32.0 Å². The van der Waals surface area contributed by atoms with Gasteiger partial charge in [-0.1, -0.05) is 41.0 Å². The lowest BCUT2D eigenvalue weighted by Gasteiger charge is -2.14. The molecule has 3 rings (SSSR count). The maximum atomic E-state index is 12.5. The van der Waals surface area contributed by atoms with E-state index in [0.717, 1.165) is 10.4 Å². The Bertz CT molecular complexity index is 1020. The highest BCUT2D eigenvalue weighted by Crippen LogP contribution is 2.26. The number of benzene rings is 1. The van der Waals surface area contributed by atoms with Gasteiger partial charge < -0.3 is 10.2 Å². The van der Waals surface area contributed by atoms with Crippen molar-refractivity contribution >= 4 is 44.6 Å². The molecule has 2 N–H and O–H groups in total. The van der Waals surface area contributed by atoms with Gasteiger partial charge in [0.25, 0.3) is 5.91 Å². The lowest BCUT2D eigenvalue weighted by atomic mass is 10.1. The largest absolute Gasteiger partial charge is 0.382 e. The molecule has 0 aliphatic carbocycles. The molecule has 2 heterocycles. The summed E-state index contributed by atoms with van der Waals surface area (Å²) in [5.74, 6) is -0.451. The number of nitrogens with zero attached hydrogens (tertiary/aromatic N) is 1. The van der Waals surface area contributed by atoms with Crippen molar-refractivity contribution in [1.82, 2.24) is 10.0 Å². The third kappa shape index (κ3) is 6.02. The Morgan fingerprint density at radius 1 is 1.28 bits per heavy atom. The fraction of sp³-hybridized carbons (Fsp3) is 0.368. The van der Waals surface area contributed by atoms with Crippen LogP contribution >= 0.6 is 22.9 Å². The molecule has 1 atom stereocenters. The Hall–Kier alpha value is -1.94. The van der Waals surface area contributed by atoms with Crippen molar-refractivity contribution in [3.05, 3.63) is 56.7 Å². The van der Waals surface area contributed by atoms with E-state index in [4.69, 9.17) is 16.4 Å². The first-order valence-corrected chi connectivity index (χ1v) is 11.9. The smallest absolute Gasteiger partial charge is 0.264 e. The Morgan fingerprint density at radius 3 is 2.66 bits per heavy atom. The van der Waals surface area contributed by atoms with Gasteiger partial charge in [0, 0.05) is 19.0 Å². The van der Waals surface area contributed by atoms with E-state index < -0.39 is 16.1 Å². The van der Waals surface area contributed by atoms with Crippen molar-refractivity contribution in [3.63, 3.8) is 0 Å². The predicted octanol–water partition coefficient (Wildman–Crippen LogP) is 3.04. The lowest BCUT2D eigenvalue weighted by molar-refractivity contribution is -0.131. The van der Waals surface area contributed by atoms with Crippen molar-refractivity contribution in [3.8, 4) is 0 Å². The number of carbonyl (C=O) groups excluding carboxylic acids is 1. The molecular weight excluding hydrogens is 434 g/mol. The maximum absolute atomic E-state index is 12.5. The fourth-order valence-corrected chi connectivity index (χ4v) is 5.43. The molecule has 1 aromatic heterocycles. The Morgan fingerprint density at radius 2 is 2.00 bits per heavy atom. The molecule has 1 unspecified atom stereocenters. The van der Waals surface area contributed by atoms with Crippen molar-refractivity contribution in [2.75, 3.05) is 0 Å². The number of oxime groups is 1. The number of amides is 1. The van der Waals surface area contributed by atoms with E-state index in [1.807, 2.05) is 6.07 Å². The number of hydrogen-bond donors (Lipinski definition) is 2. The standard InChI is InChI=1S/C19H22ClN3O4S2/c1-12(2)23-29(25,26)11-14-6-4-3-5-13(14)10-21-19(24)16-9-15(22-27-16)17-7-8-18(20)28-17/h3-8,12,16,23H,9-11H2,1-2H3,(H,21,24). The van der Waals surface area contributed by atoms with Crippen LogP contribution in [0.1, 0.15) is 36.3 Å². The normalized spacial score (nSPS) is 16.6. The Kier molecular flexibility index (Phi) is 6.94. The second kappa shape index (κ2) is 9.25. The summed E-state index contributed by atoms with van der Waals surface area (Å²) in [5, 5.41) is 6.80. The van der Waals surface area contributed by atoms with Gasteiger partial charge in [0.15, 0.2) is 0 Å². The Labute approximate surface area is 179 Å². The molecule has 29 heavy (non-hydrogen) atoms. The highest BCUT2D eigenvalue weighted by Gasteiger charge is 2.29. The summed E-state index contributed by atoms with van der Waals surface area (Å²) in [7, 11) is -3.46. The average Bonchev–Trinajstić information content (AvgIpc) is 3.28. The van der Waals surface area contributed by atoms with Crippen molar-refractivity contribution in [2.24, 2.45) is 5.16 Å². The number of rotatable bonds is 8. The SMILES string of the molecule is CC(C)NS(=O)(=O)Cc1ccccc1CNC(=O)C1CC(c2ccc(Cl)s2)=NO1. The van der Waals surface area contributed by atoms with Crippen LogP contribution < -0.4 is 10.0 Å². The first kappa shape index (κ1) is 21.8. The molecular formula is C19H22ClN3O4S2. The lowest BCUT2D eigenvalue weighted by Crippen LogP contribution is -2.35. The van der Waals surface area contributed by atoms with E-state index in [1.165, 1.54) is 11.3 Å². The summed E-state index contributed by atoms with van der Waals surface area (Å²) in [6, 6.07) is 10.6. The first-order valence-electron chi connectivity index (χ1n) is 9.06. The molecule has 2 aromatic rings. The van der Waals surface area contributed by atoms with E-state index in [9.17, 15) is 13.2 Å². The van der Waals surface area contributed by atoms with Crippen LogP contribution in [0.4, 0.5) is 0 Å². The van der Waals surface area contributed by atoms with E-state index in [0.29, 0.717) is 22.0 Å². The molecule has 1 aliphatic heterocycles. The number of hydrogen-bond acceptors (Lipinski definition) is 6. The van der Waals surface area contributed by atoms with Crippen LogP contribution in [0.25, 0.3) is 0 Å². The van der Waals surface area contributed by atoms with Gasteiger partial charge in [-0.05, 0) is 37.1 Å². The molecule has 0 fully saturated rings. The van der Waals surface area contributed by atoms with Crippen molar-refractivity contribution in [2.45, 2.75) is 44.7 Å². The zero-order valence-corrected chi connectivity index (χ0v) is 18.4. The fourth-order valence-electron chi connectivity index (χ4n) is 2.91. The first-order chi connectivity index (χ1) is 13.7. The molecule has 7 nitrogen and oxygen atoms in total. The second-order valence-corrected chi connectivity index (χ2v) is 10.4. The molecule has 156 valence electrons. The van der Waals surface area contributed by atoms with Crippen LogP contribution in [0.5, 0.6) is 0 Å². The van der Waals surface area contributed by atoms with Gasteiger partial charge >= 0.3 is 0 Å². The molecule has 1 aliphatic rings. The van der Waals surface area contributed by atoms with Gasteiger partial charge in [-0.3, -0.25) is 4.79 Å². The summed E-state index contributed by atoms with van der Waals surface area (Å²) >= 11 is 7.32. The number of nitrogens with one attached hydrogen (secondary N) is 2. The van der Waals surface area contributed by atoms with Crippen LogP contribution in [-0.4, -0.2) is 32.2 Å². The number of thiophene rings is 1. The van der Waals surface area contributed by atoms with Crippen LogP contribution in [0.3, 0.4) is 0 Å². The van der Waals surface area contributed by atoms with Gasteiger partial charge in [0.1, 0.15) is 5.71 Å². The molecule has 0 spiro atoms. The van der Waals surface area contributed by atoms with E-state index in [1.54, 1.807) is 44.2 Å². The van der Waals surface area contributed by atoms with Crippen LogP contribution in [0, 0.1) is 0 Å². The van der Waals surface area contributed by atoms with Gasteiger partial charge in [-0.15, -0.1) is 11.3 Å². The van der Waals surface area contributed by atoms with Crippen LogP contribution in [0.15, 0.2) is 41.6 Å². The molecule has 0 bridgehead atoms. The van der Waals surface area contributed by atoms with Gasteiger partial charge in [0.2, 0.25) is 16.1 Å². The molecule has 1 amide bonds. The summed E-state index contributed by atoms with van der Waals surface area (Å²) in [6.07, 6.45) is -0.360. The van der Waals surface area contributed by atoms with E-state index in [2.05, 4.69) is 15.2 Å². The minimum Gasteiger partial charge on any atom is -0.382 e. The predicted molar refractivity (Wildman–Crippen MR) is 115 cm³/mol.